The van der Waals surface area contributed by atoms with Gasteiger partial charge in [-0.25, -0.2) is 4.39 Å². The highest BCUT2D eigenvalue weighted by atomic mass is 35.5. The zero-order valence-electron chi connectivity index (χ0n) is 12.1. The predicted octanol–water partition coefficient (Wildman–Crippen LogP) is 3.86. The fourth-order valence-electron chi connectivity index (χ4n) is 3.13. The van der Waals surface area contributed by atoms with E-state index >= 15 is 0 Å². The molecule has 0 spiro atoms. The highest BCUT2D eigenvalue weighted by Crippen LogP contribution is 2.34. The summed E-state index contributed by atoms with van der Waals surface area (Å²) in [5.41, 5.74) is 0.178. The predicted molar refractivity (Wildman–Crippen MR) is 79.6 cm³/mol. The molecule has 0 saturated heterocycles. The second kappa shape index (κ2) is 6.23. The Morgan fingerprint density at radius 3 is 2.55 bits per heavy atom. The van der Waals surface area contributed by atoms with E-state index in [0.29, 0.717) is 10.6 Å². The molecule has 0 amide bonds. The van der Waals surface area contributed by atoms with E-state index in [-0.39, 0.29) is 18.0 Å². The van der Waals surface area contributed by atoms with Crippen molar-refractivity contribution in [2.45, 2.75) is 44.1 Å². The van der Waals surface area contributed by atoms with Gasteiger partial charge in [-0.1, -0.05) is 30.9 Å². The van der Waals surface area contributed by atoms with Gasteiger partial charge >= 0.3 is 0 Å². The Balaban J connectivity index is 2.22. The molecular formula is C16H21ClFNO. The van der Waals surface area contributed by atoms with Crippen molar-refractivity contribution in [2.75, 3.05) is 14.1 Å². The van der Waals surface area contributed by atoms with E-state index in [9.17, 15) is 9.18 Å². The molecular weight excluding hydrogens is 277 g/mol. The van der Waals surface area contributed by atoms with E-state index in [1.165, 1.54) is 24.6 Å². The lowest BCUT2D eigenvalue weighted by Crippen LogP contribution is -2.53. The van der Waals surface area contributed by atoms with E-state index in [1.54, 1.807) is 0 Å². The third kappa shape index (κ3) is 3.04. The third-order valence-electron chi connectivity index (χ3n) is 4.41. The fraction of sp³-hybridized carbons (Fsp3) is 0.562. The number of nitrogens with zero attached hydrogens (tertiary/aromatic N) is 1. The van der Waals surface area contributed by atoms with Gasteiger partial charge in [-0.3, -0.25) is 9.69 Å². The fourth-order valence-corrected chi connectivity index (χ4v) is 3.31. The summed E-state index contributed by atoms with van der Waals surface area (Å²) in [5.74, 6) is -0.200. The maximum atomic E-state index is 13.3. The Kier molecular flexibility index (Phi) is 4.82. The number of rotatable bonds is 4. The zero-order chi connectivity index (χ0) is 14.8. The molecule has 1 saturated carbocycles. The number of carbonyl (C=O) groups excluding carboxylic acids is 1. The van der Waals surface area contributed by atoms with Crippen LogP contribution in [0, 0.1) is 5.82 Å². The Labute approximate surface area is 124 Å². The van der Waals surface area contributed by atoms with Gasteiger partial charge in [0.15, 0.2) is 5.78 Å². The molecule has 20 heavy (non-hydrogen) atoms. The molecule has 1 aromatic carbocycles. The van der Waals surface area contributed by atoms with Gasteiger partial charge in [-0.05, 0) is 50.7 Å². The van der Waals surface area contributed by atoms with E-state index in [4.69, 9.17) is 11.6 Å². The minimum absolute atomic E-state index is 0.148. The summed E-state index contributed by atoms with van der Waals surface area (Å²) in [6.07, 6.45) is 5.29. The van der Waals surface area contributed by atoms with E-state index in [2.05, 4.69) is 0 Å². The van der Waals surface area contributed by atoms with Crippen LogP contribution in [0.15, 0.2) is 18.2 Å². The van der Waals surface area contributed by atoms with E-state index in [0.717, 1.165) is 25.7 Å². The Morgan fingerprint density at radius 1 is 1.30 bits per heavy atom. The quantitative estimate of drug-likeness (QED) is 0.841. The van der Waals surface area contributed by atoms with Crippen molar-refractivity contribution in [1.82, 2.24) is 4.90 Å². The SMILES string of the molecule is CN(C)C1(C(=O)Cc2cc(F)ccc2Cl)CCCCC1. The molecule has 0 bridgehead atoms. The van der Waals surface area contributed by atoms with Crippen LogP contribution in [-0.4, -0.2) is 30.3 Å². The number of likely N-dealkylation sites (N-methyl/N-ethyl adjacent to an activating group) is 1. The monoisotopic (exact) mass is 297 g/mol. The standard InChI is InChI=1S/C16H21ClFNO/c1-19(2)16(8-4-3-5-9-16)15(20)11-12-10-13(18)6-7-14(12)17/h6-7,10H,3-5,8-9,11H2,1-2H3. The molecule has 0 unspecified atom stereocenters. The molecule has 0 radical (unpaired) electrons. The van der Waals surface area contributed by atoms with Crippen molar-refractivity contribution < 1.29 is 9.18 Å². The number of ketones is 1. The summed E-state index contributed by atoms with van der Waals surface area (Å²) in [6.45, 7) is 0. The summed E-state index contributed by atoms with van der Waals surface area (Å²) in [4.78, 5) is 14.8. The second-order valence-corrected chi connectivity index (χ2v) is 6.23. The summed E-state index contributed by atoms with van der Waals surface area (Å²) in [6, 6.07) is 4.20. The largest absolute Gasteiger partial charge is 0.297 e. The molecule has 1 aromatic rings. The summed E-state index contributed by atoms with van der Waals surface area (Å²) < 4.78 is 13.3. The van der Waals surface area contributed by atoms with Crippen molar-refractivity contribution in [3.05, 3.63) is 34.6 Å². The summed E-state index contributed by atoms with van der Waals surface area (Å²) >= 11 is 6.07. The van der Waals surface area contributed by atoms with Crippen LogP contribution in [0.1, 0.15) is 37.7 Å². The van der Waals surface area contributed by atoms with Gasteiger partial charge in [-0.15, -0.1) is 0 Å². The molecule has 4 heteroatoms. The van der Waals surface area contributed by atoms with Crippen molar-refractivity contribution >= 4 is 17.4 Å². The summed E-state index contributed by atoms with van der Waals surface area (Å²) in [5, 5.41) is 0.462. The Hall–Kier alpha value is -0.930. The first-order valence-corrected chi connectivity index (χ1v) is 7.48. The number of halogens is 2. The maximum absolute atomic E-state index is 13.3. The first kappa shape index (κ1) is 15.5. The lowest BCUT2D eigenvalue weighted by atomic mass is 9.76. The van der Waals surface area contributed by atoms with Crippen LogP contribution in [0.3, 0.4) is 0 Å². The van der Waals surface area contributed by atoms with Crippen molar-refractivity contribution in [3.63, 3.8) is 0 Å². The molecule has 0 atom stereocenters. The van der Waals surface area contributed by atoms with Crippen LogP contribution in [0.25, 0.3) is 0 Å². The number of Topliss-reactive ketones (excluding diaryl/α,β-unsaturated/α-hetero) is 1. The van der Waals surface area contributed by atoms with Gasteiger partial charge in [-0.2, -0.15) is 0 Å². The van der Waals surface area contributed by atoms with Crippen LogP contribution in [-0.2, 0) is 11.2 Å². The lowest BCUT2D eigenvalue weighted by Gasteiger charge is -2.41. The molecule has 0 N–H and O–H groups in total. The smallest absolute Gasteiger partial charge is 0.157 e. The highest BCUT2D eigenvalue weighted by molar-refractivity contribution is 6.31. The van der Waals surface area contributed by atoms with Crippen LogP contribution in [0.4, 0.5) is 4.39 Å². The maximum Gasteiger partial charge on any atom is 0.157 e. The van der Waals surface area contributed by atoms with Crippen molar-refractivity contribution in [1.29, 1.82) is 0 Å². The van der Waals surface area contributed by atoms with Gasteiger partial charge in [0, 0.05) is 11.4 Å². The molecule has 2 rings (SSSR count). The first-order chi connectivity index (χ1) is 9.45. The normalized spacial score (nSPS) is 18.2. The van der Waals surface area contributed by atoms with Crippen LogP contribution < -0.4 is 0 Å². The topological polar surface area (TPSA) is 20.3 Å². The number of carbonyl (C=O) groups is 1. The van der Waals surface area contributed by atoms with Crippen LogP contribution >= 0.6 is 11.6 Å². The molecule has 0 aliphatic heterocycles. The van der Waals surface area contributed by atoms with Crippen LogP contribution in [0.2, 0.25) is 5.02 Å². The molecule has 0 heterocycles. The number of hydrogen-bond acceptors (Lipinski definition) is 2. The van der Waals surface area contributed by atoms with Crippen molar-refractivity contribution in [2.24, 2.45) is 0 Å². The molecule has 1 aliphatic carbocycles. The Morgan fingerprint density at radius 2 is 1.95 bits per heavy atom. The van der Waals surface area contributed by atoms with E-state index < -0.39 is 5.54 Å². The molecule has 110 valence electrons. The first-order valence-electron chi connectivity index (χ1n) is 7.10. The number of benzene rings is 1. The number of hydrogen-bond donors (Lipinski definition) is 0. The van der Waals surface area contributed by atoms with Crippen molar-refractivity contribution in [3.8, 4) is 0 Å². The van der Waals surface area contributed by atoms with Crippen LogP contribution in [0.5, 0.6) is 0 Å². The van der Waals surface area contributed by atoms with Gasteiger partial charge in [0.25, 0.3) is 0 Å². The van der Waals surface area contributed by atoms with Gasteiger partial charge in [0.1, 0.15) is 5.82 Å². The zero-order valence-corrected chi connectivity index (χ0v) is 12.8. The molecule has 1 aliphatic rings. The molecule has 0 aromatic heterocycles. The van der Waals surface area contributed by atoms with Gasteiger partial charge in [0.2, 0.25) is 0 Å². The highest BCUT2D eigenvalue weighted by Gasteiger charge is 2.40. The van der Waals surface area contributed by atoms with E-state index in [1.807, 2.05) is 19.0 Å². The lowest BCUT2D eigenvalue weighted by molar-refractivity contribution is -0.131. The minimum Gasteiger partial charge on any atom is -0.297 e. The molecule has 1 fully saturated rings. The van der Waals surface area contributed by atoms with Gasteiger partial charge in [0.05, 0.1) is 5.54 Å². The van der Waals surface area contributed by atoms with Gasteiger partial charge < -0.3 is 0 Å². The minimum atomic E-state index is -0.409. The Bertz CT molecular complexity index is 495. The summed E-state index contributed by atoms with van der Waals surface area (Å²) in [7, 11) is 3.91. The molecule has 2 nitrogen and oxygen atoms in total. The third-order valence-corrected chi connectivity index (χ3v) is 4.78. The average Bonchev–Trinajstić information content (AvgIpc) is 2.43. The average molecular weight is 298 g/mol. The second-order valence-electron chi connectivity index (χ2n) is 5.82.